The molecule has 0 aliphatic rings. The van der Waals surface area contributed by atoms with Gasteiger partial charge < -0.3 is 20.3 Å². The molecule has 138 valence electrons. The van der Waals surface area contributed by atoms with Gasteiger partial charge in [0.25, 0.3) is 0 Å². The second-order valence-corrected chi connectivity index (χ2v) is 6.93. The molecular formula is C17H27BN2O4S. The number of amides is 2. The minimum Gasteiger partial charge on any atom is -0.426 e. The van der Waals surface area contributed by atoms with Crippen molar-refractivity contribution in [3.63, 3.8) is 0 Å². The van der Waals surface area contributed by atoms with Crippen molar-refractivity contribution in [2.24, 2.45) is 0 Å². The molecule has 0 fully saturated rings. The first-order valence-corrected chi connectivity index (χ1v) is 9.66. The predicted molar refractivity (Wildman–Crippen MR) is 102 cm³/mol. The van der Waals surface area contributed by atoms with Crippen LogP contribution in [0.25, 0.3) is 0 Å². The Balaban J connectivity index is 2.73. The molecule has 1 atom stereocenters. The molecular weight excluding hydrogens is 339 g/mol. The van der Waals surface area contributed by atoms with E-state index in [1.54, 1.807) is 6.92 Å². The first kappa shape index (κ1) is 21.5. The summed E-state index contributed by atoms with van der Waals surface area (Å²) in [5.74, 6) is -1.03. The van der Waals surface area contributed by atoms with E-state index in [9.17, 15) is 19.6 Å². The third-order valence-electron chi connectivity index (χ3n) is 3.98. The Labute approximate surface area is 154 Å². The molecule has 3 N–H and O–H groups in total. The third kappa shape index (κ3) is 7.09. The largest absolute Gasteiger partial charge is 0.475 e. The number of hydrogen-bond donors (Lipinski definition) is 3. The van der Waals surface area contributed by atoms with Crippen molar-refractivity contribution >= 4 is 30.7 Å². The number of benzene rings is 1. The Hall–Kier alpha value is -1.51. The fourth-order valence-electron chi connectivity index (χ4n) is 2.56. The molecule has 1 aromatic carbocycles. The van der Waals surface area contributed by atoms with E-state index in [1.807, 2.05) is 38.3 Å². The topological polar surface area (TPSA) is 89.9 Å². The number of nitrogens with one attached hydrogen (secondary N) is 1. The number of hydrogen-bond acceptors (Lipinski definition) is 5. The number of rotatable bonds is 9. The Morgan fingerprint density at radius 3 is 2.52 bits per heavy atom. The minimum absolute atomic E-state index is 0.0913. The summed E-state index contributed by atoms with van der Waals surface area (Å²) in [7, 11) is -1.68. The first-order valence-electron chi connectivity index (χ1n) is 8.26. The van der Waals surface area contributed by atoms with Crippen LogP contribution >= 0.6 is 11.8 Å². The van der Waals surface area contributed by atoms with Gasteiger partial charge in [0, 0.05) is 6.54 Å². The smallest absolute Gasteiger partial charge is 0.426 e. The molecule has 0 spiro atoms. The zero-order chi connectivity index (χ0) is 19.0. The lowest BCUT2D eigenvalue weighted by Gasteiger charge is -2.23. The average molecular weight is 366 g/mol. The summed E-state index contributed by atoms with van der Waals surface area (Å²) >= 11 is 1.40. The summed E-state index contributed by atoms with van der Waals surface area (Å²) in [5, 5.41) is 21.8. The summed E-state index contributed by atoms with van der Waals surface area (Å²) in [6.07, 6.45) is 2.13. The van der Waals surface area contributed by atoms with Crippen molar-refractivity contribution < 1.29 is 19.6 Å². The highest BCUT2D eigenvalue weighted by molar-refractivity contribution is 7.99. The quantitative estimate of drug-likeness (QED) is 0.556. The van der Waals surface area contributed by atoms with Crippen LogP contribution in [-0.2, 0) is 16.0 Å². The van der Waals surface area contributed by atoms with E-state index in [-0.39, 0.29) is 12.5 Å². The number of thioether (sulfide) groups is 1. The standard InChI is InChI=1S/C17H27BN2O4S/c1-5-20(17(22)11-25-4)10-16(21)19-15(18(23)24)9-14-7-6-12(2)8-13(14)3/h6-8,15,23-24H,5,9-11H2,1-4H3,(H,19,21). The molecule has 2 amide bonds. The molecule has 1 rings (SSSR count). The molecule has 0 bridgehead atoms. The minimum atomic E-state index is -1.68. The first-order chi connectivity index (χ1) is 11.8. The van der Waals surface area contributed by atoms with Crippen molar-refractivity contribution in [1.29, 1.82) is 0 Å². The van der Waals surface area contributed by atoms with Crippen LogP contribution in [0.1, 0.15) is 23.6 Å². The molecule has 0 aliphatic heterocycles. The van der Waals surface area contributed by atoms with Crippen molar-refractivity contribution in [3.8, 4) is 0 Å². The van der Waals surface area contributed by atoms with Gasteiger partial charge in [-0.2, -0.15) is 11.8 Å². The normalized spacial score (nSPS) is 11.8. The number of likely N-dealkylation sites (N-methyl/N-ethyl adjacent to an activating group) is 1. The van der Waals surface area contributed by atoms with Gasteiger partial charge in [-0.1, -0.05) is 23.8 Å². The number of nitrogens with zero attached hydrogens (tertiary/aromatic N) is 1. The van der Waals surface area contributed by atoms with E-state index in [4.69, 9.17) is 0 Å². The van der Waals surface area contributed by atoms with Crippen molar-refractivity contribution in [2.45, 2.75) is 33.1 Å². The van der Waals surface area contributed by atoms with Crippen LogP contribution in [0.3, 0.4) is 0 Å². The van der Waals surface area contributed by atoms with Crippen molar-refractivity contribution in [1.82, 2.24) is 10.2 Å². The van der Waals surface area contributed by atoms with Crippen LogP contribution in [0.2, 0.25) is 0 Å². The van der Waals surface area contributed by atoms with Gasteiger partial charge in [-0.3, -0.25) is 9.59 Å². The number of carbonyl (C=O) groups is 2. The van der Waals surface area contributed by atoms with E-state index in [2.05, 4.69) is 5.32 Å². The molecule has 1 unspecified atom stereocenters. The molecule has 0 saturated heterocycles. The zero-order valence-corrected chi connectivity index (χ0v) is 16.1. The third-order valence-corrected chi connectivity index (χ3v) is 4.52. The maximum absolute atomic E-state index is 12.2. The van der Waals surface area contributed by atoms with Gasteiger partial charge in [0.15, 0.2) is 0 Å². The average Bonchev–Trinajstić information content (AvgIpc) is 2.54. The van der Waals surface area contributed by atoms with Gasteiger partial charge in [-0.15, -0.1) is 0 Å². The van der Waals surface area contributed by atoms with Gasteiger partial charge >= 0.3 is 7.12 Å². The van der Waals surface area contributed by atoms with Crippen LogP contribution in [0.4, 0.5) is 0 Å². The van der Waals surface area contributed by atoms with Gasteiger partial charge in [-0.25, -0.2) is 0 Å². The van der Waals surface area contributed by atoms with E-state index >= 15 is 0 Å². The summed E-state index contributed by atoms with van der Waals surface area (Å²) < 4.78 is 0. The van der Waals surface area contributed by atoms with Crippen LogP contribution in [0, 0.1) is 13.8 Å². The molecule has 0 aliphatic carbocycles. The van der Waals surface area contributed by atoms with Crippen molar-refractivity contribution in [3.05, 3.63) is 34.9 Å². The Bertz CT molecular complexity index is 598. The highest BCUT2D eigenvalue weighted by Crippen LogP contribution is 2.13. The maximum atomic E-state index is 12.2. The van der Waals surface area contributed by atoms with E-state index in [0.29, 0.717) is 18.7 Å². The summed E-state index contributed by atoms with van der Waals surface area (Å²) in [6, 6.07) is 5.88. The molecule has 1 aromatic rings. The van der Waals surface area contributed by atoms with Gasteiger partial charge in [0.05, 0.1) is 18.2 Å². The summed E-state index contributed by atoms with van der Waals surface area (Å²) in [5.41, 5.74) is 3.09. The number of aryl methyl sites for hydroxylation is 2. The molecule has 0 saturated carbocycles. The monoisotopic (exact) mass is 366 g/mol. The molecule has 25 heavy (non-hydrogen) atoms. The molecule has 6 nitrogen and oxygen atoms in total. The Morgan fingerprint density at radius 1 is 1.32 bits per heavy atom. The van der Waals surface area contributed by atoms with Gasteiger partial charge in [-0.05, 0) is 44.6 Å². The predicted octanol–water partition coefficient (Wildman–Crippen LogP) is 0.554. The maximum Gasteiger partial charge on any atom is 0.475 e. The van der Waals surface area contributed by atoms with E-state index < -0.39 is 19.0 Å². The summed E-state index contributed by atoms with van der Waals surface area (Å²) in [6.45, 7) is 6.08. The van der Waals surface area contributed by atoms with Crippen LogP contribution < -0.4 is 5.32 Å². The van der Waals surface area contributed by atoms with E-state index in [1.165, 1.54) is 16.7 Å². The second-order valence-electron chi connectivity index (χ2n) is 6.06. The molecule has 0 radical (unpaired) electrons. The SMILES string of the molecule is CCN(CC(=O)NC(Cc1ccc(C)cc1C)B(O)O)C(=O)CSC. The number of carbonyl (C=O) groups excluding carboxylic acids is 2. The Morgan fingerprint density at radius 2 is 2.00 bits per heavy atom. The lowest BCUT2D eigenvalue weighted by Crippen LogP contribution is -2.51. The Kier molecular flexibility index (Phi) is 9.03. The lowest BCUT2D eigenvalue weighted by atomic mass is 9.75. The lowest BCUT2D eigenvalue weighted by molar-refractivity contribution is -0.133. The summed E-state index contributed by atoms with van der Waals surface area (Å²) in [4.78, 5) is 25.6. The van der Waals surface area contributed by atoms with Gasteiger partial charge in [0.2, 0.25) is 11.8 Å². The zero-order valence-electron chi connectivity index (χ0n) is 15.3. The van der Waals surface area contributed by atoms with Gasteiger partial charge in [0.1, 0.15) is 0 Å². The molecule has 0 aromatic heterocycles. The second kappa shape index (κ2) is 10.5. The fraction of sp³-hybridized carbons (Fsp3) is 0.529. The highest BCUT2D eigenvalue weighted by atomic mass is 32.2. The fourth-order valence-corrected chi connectivity index (χ4v) is 2.99. The van der Waals surface area contributed by atoms with Crippen LogP contribution in [0.15, 0.2) is 18.2 Å². The van der Waals surface area contributed by atoms with E-state index in [0.717, 1.165) is 16.7 Å². The van der Waals surface area contributed by atoms with Crippen LogP contribution in [-0.4, -0.2) is 64.9 Å². The van der Waals surface area contributed by atoms with Crippen molar-refractivity contribution in [2.75, 3.05) is 25.1 Å². The highest BCUT2D eigenvalue weighted by Gasteiger charge is 2.27. The van der Waals surface area contributed by atoms with Crippen LogP contribution in [0.5, 0.6) is 0 Å². The molecule has 0 heterocycles. The molecule has 8 heteroatoms.